The third kappa shape index (κ3) is 5.39. The van der Waals surface area contributed by atoms with E-state index < -0.39 is 9.84 Å². The maximum atomic E-state index is 13.2. The number of aromatic nitrogens is 1. The van der Waals surface area contributed by atoms with Crippen molar-refractivity contribution in [2.75, 3.05) is 25.1 Å². The van der Waals surface area contributed by atoms with Crippen molar-refractivity contribution in [2.24, 2.45) is 5.73 Å². The zero-order valence-corrected chi connectivity index (χ0v) is 18.7. The Bertz CT molecular complexity index is 974. The highest BCUT2D eigenvalue weighted by Gasteiger charge is 2.39. The van der Waals surface area contributed by atoms with Crippen LogP contribution in [0, 0.1) is 0 Å². The van der Waals surface area contributed by atoms with Crippen molar-refractivity contribution in [1.29, 1.82) is 0 Å². The van der Waals surface area contributed by atoms with E-state index >= 15 is 0 Å². The number of rotatable bonds is 7. The van der Waals surface area contributed by atoms with Crippen LogP contribution in [0.25, 0.3) is 0 Å². The molecule has 1 aromatic carbocycles. The van der Waals surface area contributed by atoms with Gasteiger partial charge in [0.25, 0.3) is 5.91 Å². The summed E-state index contributed by atoms with van der Waals surface area (Å²) in [4.78, 5) is 18.9. The van der Waals surface area contributed by atoms with Crippen LogP contribution in [0.15, 0.2) is 48.8 Å². The van der Waals surface area contributed by atoms with Gasteiger partial charge in [0.05, 0.1) is 11.3 Å². The molecule has 1 aromatic heterocycles. The van der Waals surface area contributed by atoms with Crippen molar-refractivity contribution in [3.63, 3.8) is 0 Å². The lowest BCUT2D eigenvalue weighted by Crippen LogP contribution is -2.48. The van der Waals surface area contributed by atoms with Crippen molar-refractivity contribution >= 4 is 27.3 Å². The van der Waals surface area contributed by atoms with Gasteiger partial charge in [-0.25, -0.2) is 8.42 Å². The molecular formula is C22H28ClN3O3S. The van der Waals surface area contributed by atoms with E-state index in [1.807, 2.05) is 18.2 Å². The average molecular weight is 450 g/mol. The third-order valence-electron chi connectivity index (χ3n) is 6.05. The van der Waals surface area contributed by atoms with Crippen LogP contribution in [0.1, 0.15) is 41.6 Å². The summed E-state index contributed by atoms with van der Waals surface area (Å²) in [6, 6.07) is 11.2. The van der Waals surface area contributed by atoms with Crippen molar-refractivity contribution in [3.8, 4) is 0 Å². The molecule has 1 saturated carbocycles. The van der Waals surface area contributed by atoms with Crippen LogP contribution >= 0.6 is 11.6 Å². The molecular weight excluding hydrogens is 422 g/mol. The molecule has 0 aliphatic heterocycles. The molecule has 1 amide bonds. The lowest BCUT2D eigenvalue weighted by molar-refractivity contribution is 0.0611. The highest BCUT2D eigenvalue weighted by molar-refractivity contribution is 7.90. The Morgan fingerprint density at radius 3 is 2.57 bits per heavy atom. The summed E-state index contributed by atoms with van der Waals surface area (Å²) in [6.45, 7) is 0.671. The summed E-state index contributed by atoms with van der Waals surface area (Å²) in [5.41, 5.74) is 7.61. The molecule has 0 spiro atoms. The molecule has 162 valence electrons. The van der Waals surface area contributed by atoms with Gasteiger partial charge in [0, 0.05) is 48.2 Å². The van der Waals surface area contributed by atoms with Gasteiger partial charge in [-0.15, -0.1) is 0 Å². The molecule has 0 atom stereocenters. The Balaban J connectivity index is 1.81. The van der Waals surface area contributed by atoms with Gasteiger partial charge in [-0.2, -0.15) is 0 Å². The number of nitrogens with zero attached hydrogens (tertiary/aromatic N) is 2. The second-order valence-electron chi connectivity index (χ2n) is 8.10. The second-order valence-corrected chi connectivity index (χ2v) is 10.8. The summed E-state index contributed by atoms with van der Waals surface area (Å²) in [7, 11) is -3.19. The van der Waals surface area contributed by atoms with Gasteiger partial charge in [-0.05, 0) is 55.5 Å². The van der Waals surface area contributed by atoms with Gasteiger partial charge in [-0.1, -0.05) is 23.7 Å². The Morgan fingerprint density at radius 1 is 1.27 bits per heavy atom. The minimum absolute atomic E-state index is 0.0432. The first-order valence-electron chi connectivity index (χ1n) is 10.1. The quantitative estimate of drug-likeness (QED) is 0.701. The minimum Gasteiger partial charge on any atom is -0.335 e. The molecule has 0 unspecified atom stereocenters. The second kappa shape index (κ2) is 9.45. The number of halogens is 1. The first-order chi connectivity index (χ1) is 14.2. The third-order valence-corrected chi connectivity index (χ3v) is 7.21. The first kappa shape index (κ1) is 22.7. The fourth-order valence-corrected chi connectivity index (χ4v) is 4.98. The van der Waals surface area contributed by atoms with Crippen LogP contribution in [0.3, 0.4) is 0 Å². The molecule has 6 nitrogen and oxygen atoms in total. The normalized spacial score (nSPS) is 21.9. The Labute approximate surface area is 183 Å². The van der Waals surface area contributed by atoms with Gasteiger partial charge in [0.2, 0.25) is 0 Å². The number of carbonyl (C=O) groups is 1. The summed E-state index contributed by atoms with van der Waals surface area (Å²) < 4.78 is 23.5. The topological polar surface area (TPSA) is 93.4 Å². The predicted octanol–water partition coefficient (Wildman–Crippen LogP) is 3.06. The number of amides is 1. The minimum atomic E-state index is -3.19. The summed E-state index contributed by atoms with van der Waals surface area (Å²) in [6.07, 6.45) is 7.44. The molecule has 0 radical (unpaired) electrons. The van der Waals surface area contributed by atoms with Crippen molar-refractivity contribution < 1.29 is 13.2 Å². The highest BCUT2D eigenvalue weighted by Crippen LogP contribution is 2.41. The Morgan fingerprint density at radius 2 is 2.00 bits per heavy atom. The van der Waals surface area contributed by atoms with Gasteiger partial charge in [0.15, 0.2) is 0 Å². The van der Waals surface area contributed by atoms with Crippen LogP contribution in [-0.4, -0.2) is 55.3 Å². The van der Waals surface area contributed by atoms with E-state index in [1.165, 1.54) is 12.5 Å². The molecule has 1 aliphatic carbocycles. The van der Waals surface area contributed by atoms with E-state index in [-0.39, 0.29) is 29.7 Å². The van der Waals surface area contributed by atoms with Crippen LogP contribution in [0.5, 0.6) is 0 Å². The zero-order valence-electron chi connectivity index (χ0n) is 17.1. The Hall–Kier alpha value is -1.96. The lowest BCUT2D eigenvalue weighted by atomic mass is 9.68. The SMILES string of the molecule is CS(=O)(=O)CCN(C(=O)c1cccnc1)C1CCC(CN)(c2cccc(Cl)c2)CC1. The fraction of sp³-hybridized carbons (Fsp3) is 0.455. The number of benzene rings is 1. The van der Waals surface area contributed by atoms with E-state index in [2.05, 4.69) is 11.1 Å². The first-order valence-corrected chi connectivity index (χ1v) is 12.5. The number of pyridine rings is 1. The van der Waals surface area contributed by atoms with Gasteiger partial charge >= 0.3 is 0 Å². The van der Waals surface area contributed by atoms with E-state index in [0.29, 0.717) is 17.1 Å². The molecule has 1 aliphatic rings. The molecule has 30 heavy (non-hydrogen) atoms. The average Bonchev–Trinajstić information content (AvgIpc) is 2.74. The van der Waals surface area contributed by atoms with Crippen molar-refractivity contribution in [2.45, 2.75) is 37.1 Å². The van der Waals surface area contributed by atoms with E-state index in [4.69, 9.17) is 17.3 Å². The summed E-state index contributed by atoms with van der Waals surface area (Å²) in [5.74, 6) is -0.244. The predicted molar refractivity (Wildman–Crippen MR) is 119 cm³/mol. The maximum Gasteiger partial charge on any atom is 0.255 e. The van der Waals surface area contributed by atoms with Crippen molar-refractivity contribution in [1.82, 2.24) is 9.88 Å². The van der Waals surface area contributed by atoms with Gasteiger partial charge in [0.1, 0.15) is 9.84 Å². The number of carbonyl (C=O) groups excluding carboxylic acids is 1. The molecule has 1 fully saturated rings. The monoisotopic (exact) mass is 449 g/mol. The standard InChI is InChI=1S/C22H28ClN3O3S/c1-30(28,29)13-12-26(21(27)17-4-3-11-25-15-17)20-7-9-22(16-24,10-8-20)18-5-2-6-19(23)14-18/h2-6,11,14-15,20H,7-10,12-13,16,24H2,1H3. The lowest BCUT2D eigenvalue weighted by Gasteiger charge is -2.43. The zero-order chi connectivity index (χ0) is 21.8. The number of hydrogen-bond acceptors (Lipinski definition) is 5. The maximum absolute atomic E-state index is 13.2. The summed E-state index contributed by atoms with van der Waals surface area (Å²) in [5, 5.41) is 0.684. The van der Waals surface area contributed by atoms with Crippen LogP contribution < -0.4 is 5.73 Å². The smallest absolute Gasteiger partial charge is 0.255 e. The largest absolute Gasteiger partial charge is 0.335 e. The number of hydrogen-bond donors (Lipinski definition) is 1. The fourth-order valence-electron chi connectivity index (χ4n) is 4.27. The molecule has 2 N–H and O–H groups in total. The molecule has 3 rings (SSSR count). The van der Waals surface area contributed by atoms with E-state index in [0.717, 1.165) is 31.2 Å². The molecule has 8 heteroatoms. The Kier molecular flexibility index (Phi) is 7.16. The van der Waals surface area contributed by atoms with Crippen LogP contribution in [-0.2, 0) is 15.3 Å². The molecule has 0 saturated heterocycles. The van der Waals surface area contributed by atoms with Gasteiger partial charge in [-0.3, -0.25) is 9.78 Å². The van der Waals surface area contributed by atoms with Gasteiger partial charge < -0.3 is 10.6 Å². The van der Waals surface area contributed by atoms with Crippen molar-refractivity contribution in [3.05, 3.63) is 64.9 Å². The molecule has 2 aromatic rings. The number of nitrogens with two attached hydrogens (primary N) is 1. The number of sulfone groups is 1. The van der Waals surface area contributed by atoms with E-state index in [1.54, 1.807) is 23.2 Å². The summed E-state index contributed by atoms with van der Waals surface area (Å²) >= 11 is 6.20. The van der Waals surface area contributed by atoms with Crippen LogP contribution in [0.2, 0.25) is 5.02 Å². The molecule has 0 bridgehead atoms. The highest BCUT2D eigenvalue weighted by atomic mass is 35.5. The molecule has 1 heterocycles. The van der Waals surface area contributed by atoms with Crippen LogP contribution in [0.4, 0.5) is 0 Å². The van der Waals surface area contributed by atoms with E-state index in [9.17, 15) is 13.2 Å².